The van der Waals surface area contributed by atoms with Gasteiger partial charge >= 0.3 is 0 Å². The summed E-state index contributed by atoms with van der Waals surface area (Å²) in [4.78, 5) is 2.75. The van der Waals surface area contributed by atoms with Crippen LogP contribution >= 0.6 is 0 Å². The van der Waals surface area contributed by atoms with Crippen LogP contribution < -0.4 is 5.32 Å². The van der Waals surface area contributed by atoms with Crippen molar-refractivity contribution in [3.05, 3.63) is 0 Å². The maximum Gasteiger partial charge on any atom is 0.0198 e. The van der Waals surface area contributed by atoms with Gasteiger partial charge in [0.15, 0.2) is 0 Å². The second kappa shape index (κ2) is 5.92. The molecule has 2 heteroatoms. The van der Waals surface area contributed by atoms with Crippen molar-refractivity contribution in [1.29, 1.82) is 0 Å². The smallest absolute Gasteiger partial charge is 0.0198 e. The molecule has 0 aromatic carbocycles. The highest BCUT2D eigenvalue weighted by Crippen LogP contribution is 2.29. The first-order chi connectivity index (χ1) is 8.79. The minimum atomic E-state index is 0.800. The van der Waals surface area contributed by atoms with Gasteiger partial charge in [0.2, 0.25) is 0 Å². The first kappa shape index (κ1) is 12.9. The maximum absolute atomic E-state index is 3.83. The predicted octanol–water partition coefficient (Wildman–Crippen LogP) is 3.03. The standard InChI is InChI=1S/C16H30N2/c1-13-4-6-14(7-5-13)11-18-10-2-3-16(12-18)17-15-8-9-15/h13-17H,2-12H2,1H3. The molecule has 18 heavy (non-hydrogen) atoms. The fourth-order valence-corrected chi connectivity index (χ4v) is 3.82. The van der Waals surface area contributed by atoms with Crippen LogP contribution in [-0.4, -0.2) is 36.6 Å². The SMILES string of the molecule is CC1CCC(CN2CCCC(NC3CC3)C2)CC1. The Labute approximate surface area is 113 Å². The Morgan fingerprint density at radius 3 is 2.44 bits per heavy atom. The Balaban J connectivity index is 1.41. The Morgan fingerprint density at radius 2 is 1.72 bits per heavy atom. The van der Waals surface area contributed by atoms with Crippen molar-refractivity contribution in [2.75, 3.05) is 19.6 Å². The van der Waals surface area contributed by atoms with Gasteiger partial charge < -0.3 is 10.2 Å². The van der Waals surface area contributed by atoms with Crippen LogP contribution in [0.3, 0.4) is 0 Å². The van der Waals surface area contributed by atoms with Crippen LogP contribution in [0.2, 0.25) is 0 Å². The monoisotopic (exact) mass is 250 g/mol. The lowest BCUT2D eigenvalue weighted by Crippen LogP contribution is -2.47. The Bertz CT molecular complexity index is 254. The molecule has 0 bridgehead atoms. The van der Waals surface area contributed by atoms with Gasteiger partial charge in [-0.25, -0.2) is 0 Å². The van der Waals surface area contributed by atoms with Crippen molar-refractivity contribution in [1.82, 2.24) is 10.2 Å². The first-order valence-electron chi connectivity index (χ1n) is 8.28. The van der Waals surface area contributed by atoms with Crippen LogP contribution in [0.5, 0.6) is 0 Å². The van der Waals surface area contributed by atoms with Gasteiger partial charge in [-0.2, -0.15) is 0 Å². The number of hydrogen-bond donors (Lipinski definition) is 1. The average molecular weight is 250 g/mol. The van der Waals surface area contributed by atoms with Crippen molar-refractivity contribution in [2.24, 2.45) is 11.8 Å². The van der Waals surface area contributed by atoms with Crippen LogP contribution in [-0.2, 0) is 0 Å². The molecule has 1 heterocycles. The van der Waals surface area contributed by atoms with Gasteiger partial charge in [-0.05, 0) is 56.9 Å². The molecule has 1 unspecified atom stereocenters. The fraction of sp³-hybridized carbons (Fsp3) is 1.00. The second-order valence-electron chi connectivity index (χ2n) is 7.17. The lowest BCUT2D eigenvalue weighted by Gasteiger charge is -2.37. The van der Waals surface area contributed by atoms with E-state index in [2.05, 4.69) is 17.1 Å². The molecule has 0 aromatic heterocycles. The normalized spacial score (nSPS) is 38.8. The molecular weight excluding hydrogens is 220 g/mol. The van der Waals surface area contributed by atoms with Crippen LogP contribution in [0.25, 0.3) is 0 Å². The van der Waals surface area contributed by atoms with E-state index < -0.39 is 0 Å². The lowest BCUT2D eigenvalue weighted by atomic mass is 9.82. The zero-order valence-electron chi connectivity index (χ0n) is 12.0. The van der Waals surface area contributed by atoms with E-state index in [1.54, 1.807) is 0 Å². The summed E-state index contributed by atoms with van der Waals surface area (Å²) in [5.74, 6) is 1.99. The molecule has 0 radical (unpaired) electrons. The molecule has 3 aliphatic rings. The topological polar surface area (TPSA) is 15.3 Å². The minimum absolute atomic E-state index is 0.800. The van der Waals surface area contributed by atoms with E-state index in [-0.39, 0.29) is 0 Å². The second-order valence-corrected chi connectivity index (χ2v) is 7.17. The molecule has 2 aliphatic carbocycles. The zero-order chi connectivity index (χ0) is 12.4. The van der Waals surface area contributed by atoms with Gasteiger partial charge in [-0.1, -0.05) is 19.8 Å². The van der Waals surface area contributed by atoms with Gasteiger partial charge in [-0.15, -0.1) is 0 Å². The number of hydrogen-bond acceptors (Lipinski definition) is 2. The van der Waals surface area contributed by atoms with Crippen molar-refractivity contribution in [3.8, 4) is 0 Å². The maximum atomic E-state index is 3.83. The molecule has 0 aromatic rings. The summed E-state index contributed by atoms with van der Waals surface area (Å²) in [5, 5.41) is 3.83. The van der Waals surface area contributed by atoms with Crippen LogP contribution in [0.15, 0.2) is 0 Å². The summed E-state index contributed by atoms with van der Waals surface area (Å²) in [6.45, 7) is 6.49. The Hall–Kier alpha value is -0.0800. The Morgan fingerprint density at radius 1 is 0.944 bits per heavy atom. The van der Waals surface area contributed by atoms with E-state index in [1.807, 2.05) is 0 Å². The van der Waals surface area contributed by atoms with E-state index in [9.17, 15) is 0 Å². The van der Waals surface area contributed by atoms with Crippen LogP contribution in [0, 0.1) is 11.8 Å². The highest BCUT2D eigenvalue weighted by Gasteiger charge is 2.28. The van der Waals surface area contributed by atoms with Gasteiger partial charge in [0.25, 0.3) is 0 Å². The zero-order valence-corrected chi connectivity index (χ0v) is 12.0. The molecule has 3 fully saturated rings. The van der Waals surface area contributed by atoms with Gasteiger partial charge in [0.05, 0.1) is 0 Å². The number of nitrogens with one attached hydrogen (secondary N) is 1. The van der Waals surface area contributed by atoms with Crippen molar-refractivity contribution < 1.29 is 0 Å². The molecule has 1 saturated heterocycles. The third-order valence-corrected chi connectivity index (χ3v) is 5.21. The lowest BCUT2D eigenvalue weighted by molar-refractivity contribution is 0.141. The molecule has 2 saturated carbocycles. The fourth-order valence-electron chi connectivity index (χ4n) is 3.82. The summed E-state index contributed by atoms with van der Waals surface area (Å²) in [6.07, 6.45) is 11.6. The number of rotatable bonds is 4. The molecule has 1 N–H and O–H groups in total. The molecular formula is C16H30N2. The van der Waals surface area contributed by atoms with Crippen molar-refractivity contribution in [2.45, 2.75) is 70.4 Å². The van der Waals surface area contributed by atoms with E-state index in [1.165, 1.54) is 71.0 Å². The van der Waals surface area contributed by atoms with E-state index >= 15 is 0 Å². The third-order valence-electron chi connectivity index (χ3n) is 5.21. The molecule has 3 rings (SSSR count). The van der Waals surface area contributed by atoms with E-state index in [4.69, 9.17) is 0 Å². The molecule has 1 aliphatic heterocycles. The van der Waals surface area contributed by atoms with Crippen molar-refractivity contribution in [3.63, 3.8) is 0 Å². The summed E-state index contributed by atoms with van der Waals surface area (Å²) in [7, 11) is 0. The van der Waals surface area contributed by atoms with Gasteiger partial charge in [0.1, 0.15) is 0 Å². The van der Waals surface area contributed by atoms with Crippen molar-refractivity contribution >= 4 is 0 Å². The van der Waals surface area contributed by atoms with Gasteiger partial charge in [-0.3, -0.25) is 0 Å². The molecule has 104 valence electrons. The number of piperidine rings is 1. The minimum Gasteiger partial charge on any atom is -0.310 e. The predicted molar refractivity (Wildman–Crippen MR) is 76.7 cm³/mol. The number of likely N-dealkylation sites (tertiary alicyclic amines) is 1. The highest BCUT2D eigenvalue weighted by molar-refractivity contribution is 4.88. The molecule has 2 nitrogen and oxygen atoms in total. The highest BCUT2D eigenvalue weighted by atomic mass is 15.2. The van der Waals surface area contributed by atoms with E-state index in [0.29, 0.717) is 0 Å². The molecule has 1 atom stereocenters. The largest absolute Gasteiger partial charge is 0.310 e. The summed E-state index contributed by atoms with van der Waals surface area (Å²) >= 11 is 0. The first-order valence-corrected chi connectivity index (χ1v) is 8.28. The van der Waals surface area contributed by atoms with E-state index in [0.717, 1.165) is 23.9 Å². The third kappa shape index (κ3) is 3.71. The quantitative estimate of drug-likeness (QED) is 0.825. The average Bonchev–Trinajstić information content (AvgIpc) is 3.17. The van der Waals surface area contributed by atoms with Gasteiger partial charge in [0, 0.05) is 25.2 Å². The Kier molecular flexibility index (Phi) is 4.25. The molecule has 0 amide bonds. The van der Waals surface area contributed by atoms with Crippen LogP contribution in [0.4, 0.5) is 0 Å². The summed E-state index contributed by atoms with van der Waals surface area (Å²) in [5.41, 5.74) is 0. The number of nitrogens with zero attached hydrogens (tertiary/aromatic N) is 1. The molecule has 0 spiro atoms. The van der Waals surface area contributed by atoms with Crippen LogP contribution in [0.1, 0.15) is 58.3 Å². The summed E-state index contributed by atoms with van der Waals surface area (Å²) in [6, 6.07) is 1.68. The summed E-state index contributed by atoms with van der Waals surface area (Å²) < 4.78 is 0.